The number of amides is 1. The van der Waals surface area contributed by atoms with E-state index in [2.05, 4.69) is 15.5 Å². The number of carbonyl (C=O) groups is 1. The predicted molar refractivity (Wildman–Crippen MR) is 75.9 cm³/mol. The topological polar surface area (TPSA) is 78.5 Å². The number of nitrogens with zero attached hydrogens (tertiary/aromatic N) is 1. The molecule has 0 spiro atoms. The highest BCUT2D eigenvalue weighted by atomic mass is 32.2. The highest BCUT2D eigenvalue weighted by Crippen LogP contribution is 2.15. The molecule has 19 heavy (non-hydrogen) atoms. The van der Waals surface area contributed by atoms with Gasteiger partial charge in [0.05, 0.1) is 11.3 Å². The Morgan fingerprint density at radius 3 is 2.42 bits per heavy atom. The molecule has 1 fully saturated rings. The first kappa shape index (κ1) is 16.4. The van der Waals surface area contributed by atoms with Crippen LogP contribution in [0.15, 0.2) is 0 Å². The number of sulfone groups is 1. The molecule has 6 nitrogen and oxygen atoms in total. The Labute approximate surface area is 115 Å². The molecule has 1 aliphatic heterocycles. The number of nitrogens with one attached hydrogen (secondary N) is 2. The van der Waals surface area contributed by atoms with Crippen LogP contribution in [0, 0.1) is 0 Å². The number of piperazine rings is 1. The van der Waals surface area contributed by atoms with Crippen molar-refractivity contribution in [3.05, 3.63) is 0 Å². The average Bonchev–Trinajstić information content (AvgIpc) is 2.39. The van der Waals surface area contributed by atoms with Crippen molar-refractivity contribution in [3.63, 3.8) is 0 Å². The number of hydrogen-bond donors (Lipinski definition) is 2. The van der Waals surface area contributed by atoms with Crippen molar-refractivity contribution in [2.45, 2.75) is 26.3 Å². The summed E-state index contributed by atoms with van der Waals surface area (Å²) in [5.74, 6) is 0.0115. The van der Waals surface area contributed by atoms with Crippen molar-refractivity contribution in [2.24, 2.45) is 0 Å². The molecule has 1 rings (SSSR count). The average molecular weight is 291 g/mol. The minimum atomic E-state index is -3.02. The Morgan fingerprint density at radius 1 is 1.32 bits per heavy atom. The van der Waals surface area contributed by atoms with Crippen molar-refractivity contribution in [3.8, 4) is 0 Å². The minimum absolute atomic E-state index is 0.00682. The fraction of sp³-hybridized carbons (Fsp3) is 0.917. The summed E-state index contributed by atoms with van der Waals surface area (Å²) in [7, 11) is -3.02. The third-order valence-corrected chi connectivity index (χ3v) is 5.31. The van der Waals surface area contributed by atoms with Gasteiger partial charge < -0.3 is 10.6 Å². The molecular weight excluding hydrogens is 266 g/mol. The first-order chi connectivity index (χ1) is 8.79. The molecular formula is C12H25N3O3S. The second kappa shape index (κ2) is 6.67. The molecule has 1 saturated heterocycles. The van der Waals surface area contributed by atoms with Gasteiger partial charge >= 0.3 is 0 Å². The van der Waals surface area contributed by atoms with Gasteiger partial charge in [-0.3, -0.25) is 9.69 Å². The fourth-order valence-corrected chi connectivity index (χ4v) is 2.75. The molecule has 0 aliphatic carbocycles. The molecule has 0 aromatic heterocycles. The first-order valence-corrected chi connectivity index (χ1v) is 8.56. The first-order valence-electron chi connectivity index (χ1n) is 6.74. The van der Waals surface area contributed by atoms with Crippen molar-refractivity contribution in [1.82, 2.24) is 15.5 Å². The maximum absolute atomic E-state index is 12.2. The Hall–Kier alpha value is -0.660. The number of rotatable bonds is 6. The van der Waals surface area contributed by atoms with E-state index >= 15 is 0 Å². The smallest absolute Gasteiger partial charge is 0.239 e. The summed E-state index contributed by atoms with van der Waals surface area (Å²) < 4.78 is 22.7. The van der Waals surface area contributed by atoms with E-state index in [4.69, 9.17) is 0 Å². The second-order valence-corrected chi connectivity index (χ2v) is 7.76. The maximum Gasteiger partial charge on any atom is 0.239 e. The van der Waals surface area contributed by atoms with Crippen LogP contribution in [0.5, 0.6) is 0 Å². The van der Waals surface area contributed by atoms with Gasteiger partial charge in [-0.15, -0.1) is 0 Å². The Balaban J connectivity index is 2.47. The van der Waals surface area contributed by atoms with E-state index in [-0.39, 0.29) is 24.0 Å². The van der Waals surface area contributed by atoms with Gasteiger partial charge in [0.25, 0.3) is 0 Å². The van der Waals surface area contributed by atoms with Gasteiger partial charge in [0, 0.05) is 38.5 Å². The molecule has 7 heteroatoms. The molecule has 0 unspecified atom stereocenters. The molecule has 0 aromatic carbocycles. The second-order valence-electron chi connectivity index (χ2n) is 5.29. The van der Waals surface area contributed by atoms with Crippen molar-refractivity contribution in [1.29, 1.82) is 0 Å². The van der Waals surface area contributed by atoms with Crippen LogP contribution in [0.4, 0.5) is 0 Å². The molecule has 112 valence electrons. The quantitative estimate of drug-likeness (QED) is 0.671. The van der Waals surface area contributed by atoms with Gasteiger partial charge in [-0.05, 0) is 13.8 Å². The van der Waals surface area contributed by atoms with Crippen molar-refractivity contribution >= 4 is 15.7 Å². The molecule has 1 heterocycles. The van der Waals surface area contributed by atoms with Gasteiger partial charge in [0.1, 0.15) is 0 Å². The van der Waals surface area contributed by atoms with Crippen LogP contribution in [0.1, 0.15) is 20.8 Å². The number of carbonyl (C=O) groups excluding carboxylic acids is 1. The van der Waals surface area contributed by atoms with Crippen molar-refractivity contribution in [2.75, 3.05) is 44.2 Å². The lowest BCUT2D eigenvalue weighted by Gasteiger charge is -2.39. The largest absolute Gasteiger partial charge is 0.353 e. The lowest BCUT2D eigenvalue weighted by Crippen LogP contribution is -2.60. The van der Waals surface area contributed by atoms with Crippen LogP contribution in [-0.2, 0) is 14.6 Å². The summed E-state index contributed by atoms with van der Waals surface area (Å²) >= 11 is 0. The summed E-state index contributed by atoms with van der Waals surface area (Å²) in [6, 6.07) is 0. The van der Waals surface area contributed by atoms with Gasteiger partial charge in [0.15, 0.2) is 9.84 Å². The molecule has 0 bridgehead atoms. The third-order valence-electron chi connectivity index (χ3n) is 3.60. The Bertz CT molecular complexity index is 400. The zero-order valence-electron chi connectivity index (χ0n) is 12.0. The van der Waals surface area contributed by atoms with E-state index in [9.17, 15) is 13.2 Å². The van der Waals surface area contributed by atoms with E-state index in [1.54, 1.807) is 6.92 Å². The van der Waals surface area contributed by atoms with Crippen LogP contribution in [-0.4, -0.2) is 69.0 Å². The lowest BCUT2D eigenvalue weighted by molar-refractivity contribution is -0.132. The monoisotopic (exact) mass is 291 g/mol. The van der Waals surface area contributed by atoms with Crippen molar-refractivity contribution < 1.29 is 13.2 Å². The lowest BCUT2D eigenvalue weighted by atomic mass is 10.0. The normalized spacial score (nSPS) is 18.3. The highest BCUT2D eigenvalue weighted by molar-refractivity contribution is 7.91. The van der Waals surface area contributed by atoms with Crippen LogP contribution in [0.3, 0.4) is 0 Å². The van der Waals surface area contributed by atoms with Crippen LogP contribution in [0.25, 0.3) is 0 Å². The molecule has 0 radical (unpaired) electrons. The van der Waals surface area contributed by atoms with E-state index in [1.807, 2.05) is 13.8 Å². The van der Waals surface area contributed by atoms with E-state index in [1.165, 1.54) is 0 Å². The van der Waals surface area contributed by atoms with Gasteiger partial charge in [-0.1, -0.05) is 6.92 Å². The molecule has 0 aromatic rings. The molecule has 0 atom stereocenters. The standard InChI is InChI=1S/C12H25N3O3S/c1-4-19(17,18)10-7-14-11(16)12(2,3)15-8-5-13-6-9-15/h13H,4-10H2,1-3H3,(H,14,16). The van der Waals surface area contributed by atoms with Crippen LogP contribution < -0.4 is 10.6 Å². The van der Waals surface area contributed by atoms with Gasteiger partial charge in [-0.2, -0.15) is 0 Å². The zero-order chi connectivity index (χ0) is 14.5. The molecule has 1 aliphatic rings. The predicted octanol–water partition coefficient (Wildman–Crippen LogP) is -0.779. The molecule has 1 amide bonds. The van der Waals surface area contributed by atoms with Crippen LogP contribution >= 0.6 is 0 Å². The summed E-state index contributed by atoms with van der Waals surface area (Å²) in [6.45, 7) is 8.96. The zero-order valence-corrected chi connectivity index (χ0v) is 12.8. The molecule has 0 saturated carbocycles. The molecule has 2 N–H and O–H groups in total. The summed E-state index contributed by atoms with van der Waals surface area (Å²) in [5.41, 5.74) is -0.599. The van der Waals surface area contributed by atoms with E-state index in [0.717, 1.165) is 26.2 Å². The number of hydrogen-bond acceptors (Lipinski definition) is 5. The maximum atomic E-state index is 12.2. The third kappa shape index (κ3) is 4.74. The highest BCUT2D eigenvalue weighted by Gasteiger charge is 2.34. The Kier molecular flexibility index (Phi) is 5.76. The summed E-state index contributed by atoms with van der Waals surface area (Å²) in [5, 5.41) is 5.97. The summed E-state index contributed by atoms with van der Waals surface area (Å²) in [6.07, 6.45) is 0. The minimum Gasteiger partial charge on any atom is -0.353 e. The Morgan fingerprint density at radius 2 is 1.89 bits per heavy atom. The van der Waals surface area contributed by atoms with E-state index in [0.29, 0.717) is 0 Å². The summed E-state index contributed by atoms with van der Waals surface area (Å²) in [4.78, 5) is 14.3. The van der Waals surface area contributed by atoms with E-state index < -0.39 is 15.4 Å². The SMILES string of the molecule is CCS(=O)(=O)CCNC(=O)C(C)(C)N1CCNCC1. The fourth-order valence-electron chi connectivity index (χ4n) is 2.05. The van der Waals surface area contributed by atoms with Gasteiger partial charge in [-0.25, -0.2) is 8.42 Å². The van der Waals surface area contributed by atoms with Crippen LogP contribution in [0.2, 0.25) is 0 Å². The van der Waals surface area contributed by atoms with Gasteiger partial charge in [0.2, 0.25) is 5.91 Å².